The molecule has 0 atom stereocenters. The Bertz CT molecular complexity index is 1730. The SMILES string of the molecule is CC(C)c1cc(N=Nc2ccc(O)cc2)cc(C(C)C)c1O.CCCCCCCCCCCCOc1c(C(C)C)cc(N=Nc2ccc(C)cc2)cc1C(C)C. The first-order valence-electron chi connectivity index (χ1n) is 21.2. The number of phenols is 2. The average Bonchev–Trinajstić information content (AvgIpc) is 3.16. The predicted octanol–water partition coefficient (Wildman–Crippen LogP) is 16.7. The zero-order valence-corrected chi connectivity index (χ0v) is 36.1. The molecule has 0 aliphatic carbocycles. The van der Waals surface area contributed by atoms with Gasteiger partial charge in [0.2, 0.25) is 0 Å². The van der Waals surface area contributed by atoms with E-state index in [-0.39, 0.29) is 17.6 Å². The summed E-state index contributed by atoms with van der Waals surface area (Å²) in [5, 5.41) is 37.1. The van der Waals surface area contributed by atoms with Crippen molar-refractivity contribution in [3.63, 3.8) is 0 Å². The van der Waals surface area contributed by atoms with Crippen molar-refractivity contribution in [2.24, 2.45) is 20.5 Å². The van der Waals surface area contributed by atoms with Gasteiger partial charge >= 0.3 is 0 Å². The number of hydrogen-bond acceptors (Lipinski definition) is 7. The van der Waals surface area contributed by atoms with E-state index in [1.54, 1.807) is 24.3 Å². The molecule has 0 aromatic heterocycles. The second kappa shape index (κ2) is 24.2. The van der Waals surface area contributed by atoms with Gasteiger partial charge in [0.05, 0.1) is 29.4 Å². The van der Waals surface area contributed by atoms with Gasteiger partial charge in [-0.2, -0.15) is 20.5 Å². The van der Waals surface area contributed by atoms with Gasteiger partial charge in [-0.25, -0.2) is 0 Å². The lowest BCUT2D eigenvalue weighted by Gasteiger charge is -2.21. The lowest BCUT2D eigenvalue weighted by molar-refractivity contribution is 0.296. The highest BCUT2D eigenvalue weighted by Crippen LogP contribution is 2.40. The van der Waals surface area contributed by atoms with Gasteiger partial charge in [-0.3, -0.25) is 0 Å². The van der Waals surface area contributed by atoms with Crippen LogP contribution >= 0.6 is 0 Å². The van der Waals surface area contributed by atoms with Gasteiger partial charge in [-0.05, 0) is 120 Å². The second-order valence-electron chi connectivity index (χ2n) is 16.3. The minimum absolute atomic E-state index is 0.202. The van der Waals surface area contributed by atoms with E-state index in [0.29, 0.717) is 23.3 Å². The van der Waals surface area contributed by atoms with E-state index in [9.17, 15) is 10.2 Å². The highest BCUT2D eigenvalue weighted by Gasteiger charge is 2.18. The summed E-state index contributed by atoms with van der Waals surface area (Å²) in [6.45, 7) is 22.2. The summed E-state index contributed by atoms with van der Waals surface area (Å²) in [4.78, 5) is 0. The van der Waals surface area contributed by atoms with Crippen LogP contribution in [0.5, 0.6) is 17.2 Å². The van der Waals surface area contributed by atoms with Crippen LogP contribution in [0.4, 0.5) is 22.7 Å². The van der Waals surface area contributed by atoms with Crippen molar-refractivity contribution in [3.05, 3.63) is 101 Å². The number of nitrogens with zero attached hydrogens (tertiary/aromatic N) is 4. The Morgan fingerprint density at radius 1 is 0.464 bits per heavy atom. The third-order valence-corrected chi connectivity index (χ3v) is 9.96. The fourth-order valence-electron chi connectivity index (χ4n) is 6.47. The fraction of sp³-hybridized carbons (Fsp3) is 0.510. The predicted molar refractivity (Wildman–Crippen MR) is 236 cm³/mol. The summed E-state index contributed by atoms with van der Waals surface area (Å²) in [6.07, 6.45) is 13.4. The van der Waals surface area contributed by atoms with E-state index in [1.807, 2.05) is 52.0 Å². The Morgan fingerprint density at radius 3 is 1.23 bits per heavy atom. The number of aromatic hydroxyl groups is 2. The lowest BCUT2D eigenvalue weighted by Crippen LogP contribution is -2.06. The molecule has 0 bridgehead atoms. The second-order valence-corrected chi connectivity index (χ2v) is 16.3. The van der Waals surface area contributed by atoms with Crippen LogP contribution in [0, 0.1) is 6.92 Å². The molecule has 0 saturated heterocycles. The molecule has 4 aromatic carbocycles. The number of hydrogen-bond donors (Lipinski definition) is 2. The molecule has 4 rings (SSSR count). The molecule has 0 heterocycles. The van der Waals surface area contributed by atoms with E-state index in [4.69, 9.17) is 4.74 Å². The third kappa shape index (κ3) is 15.5. The molecule has 0 spiro atoms. The van der Waals surface area contributed by atoms with Crippen molar-refractivity contribution >= 4 is 22.7 Å². The summed E-state index contributed by atoms with van der Waals surface area (Å²) in [6, 6.07) is 22.8. The summed E-state index contributed by atoms with van der Waals surface area (Å²) in [7, 11) is 0. The van der Waals surface area contributed by atoms with E-state index in [0.717, 1.165) is 47.0 Å². The molecule has 0 aliphatic rings. The van der Waals surface area contributed by atoms with E-state index >= 15 is 0 Å². The average molecular weight is 763 g/mol. The summed E-state index contributed by atoms with van der Waals surface area (Å²) in [5.74, 6) is 2.78. The Morgan fingerprint density at radius 2 is 0.821 bits per heavy atom. The number of aryl methyl sites for hydroxylation is 1. The maximum atomic E-state index is 10.4. The van der Waals surface area contributed by atoms with Crippen LogP contribution in [0.25, 0.3) is 0 Å². The zero-order chi connectivity index (χ0) is 41.0. The van der Waals surface area contributed by atoms with Gasteiger partial charge in [-0.15, -0.1) is 0 Å². The Hall–Kier alpha value is -4.52. The number of azo groups is 2. The minimum atomic E-state index is 0.202. The zero-order valence-electron chi connectivity index (χ0n) is 36.1. The van der Waals surface area contributed by atoms with Gasteiger partial charge in [0.1, 0.15) is 17.2 Å². The maximum absolute atomic E-state index is 10.4. The molecule has 2 N–H and O–H groups in total. The number of ether oxygens (including phenoxy) is 1. The topological polar surface area (TPSA) is 99.1 Å². The van der Waals surface area contributed by atoms with Gasteiger partial charge in [0.25, 0.3) is 0 Å². The summed E-state index contributed by atoms with van der Waals surface area (Å²) >= 11 is 0. The first-order chi connectivity index (χ1) is 26.8. The summed E-state index contributed by atoms with van der Waals surface area (Å²) < 4.78 is 6.42. The standard InChI is InChI=1S/C31H48N2O.C18H22N2O2/c1-7-8-9-10-11-12-13-14-15-16-21-34-31-29(24(2)3)22-28(23-30(31)25(4)5)33-32-27-19-17-26(6)18-20-27;1-11(2)16-9-14(10-17(12(3)4)18(16)22)20-19-13-5-7-15(21)8-6-13/h17-20,22-25H,7-16,21H2,1-6H3;5-12,21-22H,1-4H3. The molecule has 0 unspecified atom stereocenters. The molecule has 56 heavy (non-hydrogen) atoms. The Labute approximate surface area is 338 Å². The molecule has 304 valence electrons. The van der Waals surface area contributed by atoms with Crippen LogP contribution in [-0.2, 0) is 0 Å². The normalized spacial score (nSPS) is 11.8. The molecule has 0 fully saturated rings. The van der Waals surface area contributed by atoms with Crippen molar-refractivity contribution in [2.45, 2.75) is 157 Å². The fourth-order valence-corrected chi connectivity index (χ4v) is 6.47. The first-order valence-corrected chi connectivity index (χ1v) is 21.2. The highest BCUT2D eigenvalue weighted by atomic mass is 16.5. The maximum Gasteiger partial charge on any atom is 0.126 e. The molecular formula is C49H70N4O3. The van der Waals surface area contributed by atoms with Crippen molar-refractivity contribution in [2.75, 3.05) is 6.61 Å². The molecule has 0 saturated carbocycles. The number of benzene rings is 4. The minimum Gasteiger partial charge on any atom is -0.508 e. The van der Waals surface area contributed by atoms with Crippen LogP contribution in [0.2, 0.25) is 0 Å². The first kappa shape index (κ1) is 45.9. The molecule has 4 aromatic rings. The molecule has 7 nitrogen and oxygen atoms in total. The highest BCUT2D eigenvalue weighted by molar-refractivity contribution is 5.56. The summed E-state index contributed by atoms with van der Waals surface area (Å²) in [5.41, 5.74) is 8.63. The Balaban J connectivity index is 0.000000329. The van der Waals surface area contributed by atoms with Crippen molar-refractivity contribution in [1.82, 2.24) is 0 Å². The van der Waals surface area contributed by atoms with Crippen molar-refractivity contribution < 1.29 is 14.9 Å². The number of unbranched alkanes of at least 4 members (excludes halogenated alkanes) is 9. The van der Waals surface area contributed by atoms with Gasteiger partial charge in [0.15, 0.2) is 0 Å². The molecule has 0 aliphatic heterocycles. The Kier molecular flexibility index (Phi) is 19.8. The molecular weight excluding hydrogens is 693 g/mol. The van der Waals surface area contributed by atoms with Crippen LogP contribution in [0.1, 0.15) is 178 Å². The smallest absolute Gasteiger partial charge is 0.126 e. The van der Waals surface area contributed by atoms with Crippen LogP contribution < -0.4 is 4.74 Å². The number of rotatable bonds is 20. The van der Waals surface area contributed by atoms with E-state index in [2.05, 4.69) is 86.3 Å². The molecule has 7 heteroatoms. The van der Waals surface area contributed by atoms with Crippen LogP contribution in [0.3, 0.4) is 0 Å². The van der Waals surface area contributed by atoms with Crippen molar-refractivity contribution in [3.8, 4) is 17.2 Å². The largest absolute Gasteiger partial charge is 0.508 e. The van der Waals surface area contributed by atoms with Crippen LogP contribution in [0.15, 0.2) is 93.3 Å². The van der Waals surface area contributed by atoms with Gasteiger partial charge in [0, 0.05) is 0 Å². The lowest BCUT2D eigenvalue weighted by atomic mass is 9.93. The monoisotopic (exact) mass is 763 g/mol. The third-order valence-electron chi connectivity index (χ3n) is 9.96. The van der Waals surface area contributed by atoms with Gasteiger partial charge < -0.3 is 14.9 Å². The number of phenolic OH excluding ortho intramolecular Hbond substituents is 2. The van der Waals surface area contributed by atoms with Crippen molar-refractivity contribution in [1.29, 1.82) is 0 Å². The molecule has 0 amide bonds. The van der Waals surface area contributed by atoms with E-state index < -0.39 is 0 Å². The van der Waals surface area contributed by atoms with E-state index in [1.165, 1.54) is 74.5 Å². The molecule has 0 radical (unpaired) electrons. The van der Waals surface area contributed by atoms with Crippen LogP contribution in [-0.4, -0.2) is 16.8 Å². The van der Waals surface area contributed by atoms with Gasteiger partial charge in [-0.1, -0.05) is 138 Å². The quantitative estimate of drug-likeness (QED) is 0.0692.